The van der Waals surface area contributed by atoms with Crippen LogP contribution in [0.1, 0.15) is 44.5 Å². The number of carbonyl (C=O) groups excluding carboxylic acids is 1. The van der Waals surface area contributed by atoms with Gasteiger partial charge in [0.15, 0.2) is 5.58 Å². The second kappa shape index (κ2) is 6.77. The molecule has 2 aliphatic heterocycles. The van der Waals surface area contributed by atoms with Crippen LogP contribution in [-0.2, 0) is 4.79 Å². The molecule has 1 aromatic heterocycles. The fraction of sp³-hybridized carbons (Fsp3) is 0.579. The zero-order valence-electron chi connectivity index (χ0n) is 14.7. The van der Waals surface area contributed by atoms with Gasteiger partial charge in [-0.1, -0.05) is 12.1 Å². The SMILES string of the molecule is C[C@@H](c1nc2ccccc2o1)N1CCC(N2CCC[C@@H]2C(N)=O)CC1. The fourth-order valence-corrected chi connectivity index (χ4v) is 4.36. The first kappa shape index (κ1) is 16.5. The van der Waals surface area contributed by atoms with Crippen molar-refractivity contribution >= 4 is 17.0 Å². The van der Waals surface area contributed by atoms with E-state index in [1.165, 1.54) is 0 Å². The summed E-state index contributed by atoms with van der Waals surface area (Å²) in [5.74, 6) is 0.621. The number of carbonyl (C=O) groups is 1. The quantitative estimate of drug-likeness (QED) is 0.923. The molecule has 134 valence electrons. The standard InChI is InChI=1S/C19H26N4O2/c1-13(19-21-15-5-2-3-7-17(15)25-19)22-11-8-14(9-12-22)23-10-4-6-16(23)18(20)24/h2-3,5,7,13-14,16H,4,6,8-12H2,1H3,(H2,20,24)/t13-,16+/m0/s1. The van der Waals surface area contributed by atoms with Crippen molar-refractivity contribution in [2.45, 2.75) is 50.7 Å². The van der Waals surface area contributed by atoms with Gasteiger partial charge >= 0.3 is 0 Å². The van der Waals surface area contributed by atoms with Crippen LogP contribution in [0.2, 0.25) is 0 Å². The molecule has 3 heterocycles. The number of benzene rings is 1. The number of rotatable bonds is 4. The Morgan fingerprint density at radius 3 is 2.72 bits per heavy atom. The number of primary amides is 1. The third kappa shape index (κ3) is 3.16. The average molecular weight is 342 g/mol. The minimum atomic E-state index is -0.167. The number of para-hydroxylation sites is 2. The topological polar surface area (TPSA) is 75.6 Å². The number of aromatic nitrogens is 1. The van der Waals surface area contributed by atoms with Crippen molar-refractivity contribution in [1.29, 1.82) is 0 Å². The van der Waals surface area contributed by atoms with E-state index >= 15 is 0 Å². The van der Waals surface area contributed by atoms with Gasteiger partial charge in [-0.05, 0) is 51.3 Å². The van der Waals surface area contributed by atoms with E-state index < -0.39 is 0 Å². The van der Waals surface area contributed by atoms with Crippen LogP contribution >= 0.6 is 0 Å². The van der Waals surface area contributed by atoms with E-state index in [1.54, 1.807) is 0 Å². The van der Waals surface area contributed by atoms with Crippen LogP contribution in [0, 0.1) is 0 Å². The molecule has 0 radical (unpaired) electrons. The van der Waals surface area contributed by atoms with Crippen molar-refractivity contribution in [3.63, 3.8) is 0 Å². The minimum absolute atomic E-state index is 0.0639. The molecule has 0 aliphatic carbocycles. The number of nitrogens with two attached hydrogens (primary N) is 1. The zero-order chi connectivity index (χ0) is 17.4. The molecule has 0 unspecified atom stereocenters. The van der Waals surface area contributed by atoms with Crippen LogP contribution in [0.4, 0.5) is 0 Å². The van der Waals surface area contributed by atoms with Crippen molar-refractivity contribution in [2.75, 3.05) is 19.6 Å². The van der Waals surface area contributed by atoms with Crippen LogP contribution < -0.4 is 5.73 Å². The van der Waals surface area contributed by atoms with E-state index in [0.29, 0.717) is 6.04 Å². The molecule has 2 aromatic rings. The highest BCUT2D eigenvalue weighted by atomic mass is 16.3. The Labute approximate surface area is 148 Å². The maximum absolute atomic E-state index is 11.6. The summed E-state index contributed by atoms with van der Waals surface area (Å²) in [5.41, 5.74) is 7.34. The predicted molar refractivity (Wildman–Crippen MR) is 95.9 cm³/mol. The van der Waals surface area contributed by atoms with Crippen molar-refractivity contribution in [3.8, 4) is 0 Å². The molecule has 4 rings (SSSR count). The Morgan fingerprint density at radius 1 is 1.24 bits per heavy atom. The first-order valence-corrected chi connectivity index (χ1v) is 9.28. The summed E-state index contributed by atoms with van der Waals surface area (Å²) in [7, 11) is 0. The molecule has 2 saturated heterocycles. The van der Waals surface area contributed by atoms with Crippen LogP contribution in [0.3, 0.4) is 0 Å². The van der Waals surface area contributed by atoms with Gasteiger partial charge in [0.1, 0.15) is 5.52 Å². The first-order chi connectivity index (χ1) is 12.1. The molecule has 2 fully saturated rings. The van der Waals surface area contributed by atoms with Gasteiger partial charge in [-0.25, -0.2) is 4.98 Å². The number of fused-ring (bicyclic) bond motifs is 1. The largest absolute Gasteiger partial charge is 0.439 e. The Balaban J connectivity index is 1.40. The van der Waals surface area contributed by atoms with Crippen molar-refractivity contribution in [1.82, 2.24) is 14.8 Å². The van der Waals surface area contributed by atoms with Crippen molar-refractivity contribution in [2.24, 2.45) is 5.73 Å². The first-order valence-electron chi connectivity index (χ1n) is 9.28. The average Bonchev–Trinajstić information content (AvgIpc) is 3.28. The second-order valence-corrected chi connectivity index (χ2v) is 7.26. The van der Waals surface area contributed by atoms with E-state index in [9.17, 15) is 4.79 Å². The van der Waals surface area contributed by atoms with E-state index in [1.807, 2.05) is 24.3 Å². The van der Waals surface area contributed by atoms with Gasteiger partial charge in [-0.3, -0.25) is 14.6 Å². The predicted octanol–water partition coefficient (Wildman–Crippen LogP) is 2.30. The minimum Gasteiger partial charge on any atom is -0.439 e. The van der Waals surface area contributed by atoms with E-state index in [0.717, 1.165) is 62.3 Å². The summed E-state index contributed by atoms with van der Waals surface area (Å²) in [6.45, 7) is 5.14. The van der Waals surface area contributed by atoms with Gasteiger partial charge in [0.2, 0.25) is 11.8 Å². The van der Waals surface area contributed by atoms with Gasteiger partial charge in [0.05, 0.1) is 12.1 Å². The van der Waals surface area contributed by atoms with Crippen LogP contribution in [0.15, 0.2) is 28.7 Å². The molecule has 6 nitrogen and oxygen atoms in total. The summed E-state index contributed by atoms with van der Waals surface area (Å²) in [4.78, 5) is 21.1. The van der Waals surface area contributed by atoms with E-state index in [-0.39, 0.29) is 18.0 Å². The number of likely N-dealkylation sites (tertiary alicyclic amines) is 2. The molecule has 2 atom stereocenters. The molecule has 2 aliphatic rings. The van der Waals surface area contributed by atoms with Crippen LogP contribution in [0.5, 0.6) is 0 Å². The molecular formula is C19H26N4O2. The Morgan fingerprint density at radius 2 is 2.00 bits per heavy atom. The zero-order valence-corrected chi connectivity index (χ0v) is 14.7. The monoisotopic (exact) mass is 342 g/mol. The summed E-state index contributed by atoms with van der Waals surface area (Å²) >= 11 is 0. The number of oxazole rings is 1. The molecule has 25 heavy (non-hydrogen) atoms. The number of hydrogen-bond donors (Lipinski definition) is 1. The Kier molecular flexibility index (Phi) is 4.48. The molecule has 6 heteroatoms. The number of amides is 1. The summed E-state index contributed by atoms with van der Waals surface area (Å²) in [6.07, 6.45) is 4.12. The van der Waals surface area contributed by atoms with Crippen LogP contribution in [-0.4, -0.2) is 52.4 Å². The van der Waals surface area contributed by atoms with E-state index in [4.69, 9.17) is 10.2 Å². The summed E-state index contributed by atoms with van der Waals surface area (Å²) < 4.78 is 5.93. The van der Waals surface area contributed by atoms with Gasteiger partial charge in [0.25, 0.3) is 0 Å². The van der Waals surface area contributed by atoms with Gasteiger partial charge in [-0.15, -0.1) is 0 Å². The normalized spacial score (nSPS) is 24.8. The summed E-state index contributed by atoms with van der Waals surface area (Å²) in [6, 6.07) is 8.46. The maximum Gasteiger partial charge on any atom is 0.234 e. The number of piperidine rings is 1. The smallest absolute Gasteiger partial charge is 0.234 e. The van der Waals surface area contributed by atoms with Gasteiger partial charge in [0, 0.05) is 19.1 Å². The van der Waals surface area contributed by atoms with Crippen molar-refractivity contribution < 1.29 is 9.21 Å². The van der Waals surface area contributed by atoms with E-state index in [2.05, 4.69) is 21.7 Å². The van der Waals surface area contributed by atoms with Crippen molar-refractivity contribution in [3.05, 3.63) is 30.2 Å². The van der Waals surface area contributed by atoms with Gasteiger partial charge in [-0.2, -0.15) is 0 Å². The van der Waals surface area contributed by atoms with Crippen LogP contribution in [0.25, 0.3) is 11.1 Å². The lowest BCUT2D eigenvalue weighted by Gasteiger charge is -2.40. The fourth-order valence-electron chi connectivity index (χ4n) is 4.36. The lowest BCUT2D eigenvalue weighted by molar-refractivity contribution is -0.123. The highest BCUT2D eigenvalue weighted by Crippen LogP contribution is 2.30. The highest BCUT2D eigenvalue weighted by molar-refractivity contribution is 5.80. The molecule has 0 bridgehead atoms. The highest BCUT2D eigenvalue weighted by Gasteiger charge is 2.36. The number of hydrogen-bond acceptors (Lipinski definition) is 5. The second-order valence-electron chi connectivity index (χ2n) is 7.26. The number of nitrogens with zero attached hydrogens (tertiary/aromatic N) is 3. The maximum atomic E-state index is 11.6. The summed E-state index contributed by atoms with van der Waals surface area (Å²) in [5, 5.41) is 0. The Hall–Kier alpha value is -1.92. The van der Waals surface area contributed by atoms with Gasteiger partial charge < -0.3 is 10.2 Å². The Bertz CT molecular complexity index is 718. The molecule has 0 spiro atoms. The molecule has 1 aromatic carbocycles. The third-order valence-corrected chi connectivity index (χ3v) is 5.81. The third-order valence-electron chi connectivity index (χ3n) is 5.81. The lowest BCUT2D eigenvalue weighted by atomic mass is 10.0. The molecule has 1 amide bonds. The molecular weight excluding hydrogens is 316 g/mol. The molecule has 0 saturated carbocycles. The molecule has 2 N–H and O–H groups in total. The lowest BCUT2D eigenvalue weighted by Crippen LogP contribution is -2.50.